The molecule has 1 saturated heterocycles. The molecule has 1 aliphatic rings. The summed E-state index contributed by atoms with van der Waals surface area (Å²) < 4.78 is 5.15. The maximum atomic E-state index is 11.6. The van der Waals surface area contributed by atoms with Crippen LogP contribution in [0.1, 0.15) is 26.2 Å². The Labute approximate surface area is 112 Å². The maximum absolute atomic E-state index is 11.6. The van der Waals surface area contributed by atoms with E-state index in [1.54, 1.807) is 6.92 Å². The Kier molecular flexibility index (Phi) is 5.64. The molecule has 1 fully saturated rings. The van der Waals surface area contributed by atoms with Crippen molar-refractivity contribution in [1.29, 1.82) is 0 Å². The van der Waals surface area contributed by atoms with Gasteiger partial charge in [-0.25, -0.2) is 4.79 Å². The first-order chi connectivity index (χ1) is 9.00. The quantitative estimate of drug-likeness (QED) is 0.485. The summed E-state index contributed by atoms with van der Waals surface area (Å²) >= 11 is 0. The number of unbranched alkanes of at least 4 members (excludes halogenated alkanes) is 2. The molecule has 0 aromatic rings. The minimum absolute atomic E-state index is 0.107. The maximum Gasteiger partial charge on any atom is 0.315 e. The van der Waals surface area contributed by atoms with Gasteiger partial charge in [-0.1, -0.05) is 0 Å². The number of hydrogen-bond donors (Lipinski definition) is 3. The minimum atomic E-state index is -1.07. The highest BCUT2D eigenvalue weighted by molar-refractivity contribution is 5.79. The molecule has 1 heterocycles. The monoisotopic (exact) mass is 268 g/mol. The van der Waals surface area contributed by atoms with Gasteiger partial charge in [0.05, 0.1) is 19.3 Å². The van der Waals surface area contributed by atoms with Crippen molar-refractivity contribution in [3.05, 3.63) is 0 Å². The van der Waals surface area contributed by atoms with E-state index in [2.05, 4.69) is 16.6 Å². The van der Waals surface area contributed by atoms with Gasteiger partial charge in [-0.3, -0.25) is 4.79 Å². The summed E-state index contributed by atoms with van der Waals surface area (Å²) in [5.74, 6) is 1.56. The third kappa shape index (κ3) is 4.14. The summed E-state index contributed by atoms with van der Waals surface area (Å²) in [4.78, 5) is 22.8. The van der Waals surface area contributed by atoms with Crippen LogP contribution in [-0.2, 0) is 9.53 Å². The highest BCUT2D eigenvalue weighted by Gasteiger charge is 2.47. The second kappa shape index (κ2) is 7.00. The van der Waals surface area contributed by atoms with Gasteiger partial charge < -0.3 is 20.5 Å². The number of carbonyl (C=O) groups excluding carboxylic acids is 1. The Balaban J connectivity index is 2.32. The van der Waals surface area contributed by atoms with Gasteiger partial charge >= 0.3 is 12.0 Å². The molecule has 0 saturated carbocycles. The molecule has 2 amide bonds. The number of carboxylic acids is 1. The first-order valence-corrected chi connectivity index (χ1v) is 6.29. The van der Waals surface area contributed by atoms with Crippen LogP contribution in [0.15, 0.2) is 0 Å². The predicted octanol–water partition coefficient (Wildman–Crippen LogP) is 0.579. The van der Waals surface area contributed by atoms with Crippen LogP contribution in [0.5, 0.6) is 0 Å². The molecule has 0 aliphatic carbocycles. The first-order valence-electron chi connectivity index (χ1n) is 6.29. The van der Waals surface area contributed by atoms with E-state index in [0.717, 1.165) is 12.8 Å². The molecule has 0 radical (unpaired) electrons. The van der Waals surface area contributed by atoms with E-state index in [1.807, 2.05) is 0 Å². The molecule has 0 bridgehead atoms. The summed E-state index contributed by atoms with van der Waals surface area (Å²) in [6.07, 6.45) is 7.47. The third-order valence-corrected chi connectivity index (χ3v) is 3.28. The van der Waals surface area contributed by atoms with Crippen LogP contribution in [0.4, 0.5) is 4.79 Å². The fourth-order valence-electron chi connectivity index (χ4n) is 1.85. The number of carboxylic acid groups (broad SMARTS) is 1. The van der Waals surface area contributed by atoms with Gasteiger partial charge in [0.2, 0.25) is 0 Å². The zero-order chi connectivity index (χ0) is 14.3. The van der Waals surface area contributed by atoms with Crippen LogP contribution in [-0.4, -0.2) is 42.9 Å². The molecule has 2 atom stereocenters. The SMILES string of the molecule is C#CCCCCNC(=O)NC1COCC1(C)C(=O)O. The molecular weight excluding hydrogens is 248 g/mol. The van der Waals surface area contributed by atoms with Crippen LogP contribution in [0, 0.1) is 17.8 Å². The Morgan fingerprint density at radius 3 is 2.89 bits per heavy atom. The van der Waals surface area contributed by atoms with E-state index in [1.165, 1.54) is 0 Å². The summed E-state index contributed by atoms with van der Waals surface area (Å²) in [5.41, 5.74) is -1.07. The number of carbonyl (C=O) groups is 2. The molecule has 1 rings (SSSR count). The van der Waals surface area contributed by atoms with Crippen LogP contribution in [0.25, 0.3) is 0 Å². The summed E-state index contributed by atoms with van der Waals surface area (Å²) in [6.45, 7) is 2.41. The minimum Gasteiger partial charge on any atom is -0.481 e. The van der Waals surface area contributed by atoms with Crippen molar-refractivity contribution in [2.75, 3.05) is 19.8 Å². The zero-order valence-electron chi connectivity index (χ0n) is 11.1. The van der Waals surface area contributed by atoms with Crippen LogP contribution in [0.3, 0.4) is 0 Å². The van der Waals surface area contributed by atoms with Crippen LogP contribution < -0.4 is 10.6 Å². The van der Waals surface area contributed by atoms with Gasteiger partial charge in [-0.05, 0) is 19.8 Å². The molecule has 3 N–H and O–H groups in total. The van der Waals surface area contributed by atoms with E-state index in [0.29, 0.717) is 13.0 Å². The summed E-state index contributed by atoms with van der Waals surface area (Å²) in [6, 6.07) is -0.889. The van der Waals surface area contributed by atoms with Crippen molar-refractivity contribution in [3.8, 4) is 12.3 Å². The lowest BCUT2D eigenvalue weighted by Crippen LogP contribution is -2.52. The van der Waals surface area contributed by atoms with Crippen molar-refractivity contribution in [2.24, 2.45) is 5.41 Å². The number of urea groups is 1. The molecule has 6 nitrogen and oxygen atoms in total. The van der Waals surface area contributed by atoms with E-state index < -0.39 is 17.4 Å². The van der Waals surface area contributed by atoms with Crippen molar-refractivity contribution in [2.45, 2.75) is 32.2 Å². The molecule has 6 heteroatoms. The number of terminal acetylenes is 1. The van der Waals surface area contributed by atoms with E-state index in [-0.39, 0.29) is 19.2 Å². The van der Waals surface area contributed by atoms with Crippen molar-refractivity contribution in [1.82, 2.24) is 10.6 Å². The topological polar surface area (TPSA) is 87.7 Å². The molecule has 0 aromatic carbocycles. The standard InChI is InChI=1S/C13H20N2O4/c1-3-4-5-6-7-14-12(18)15-10-8-19-9-13(10,2)11(16)17/h1,10H,4-9H2,2H3,(H,16,17)(H2,14,15,18). The number of hydrogen-bond acceptors (Lipinski definition) is 3. The second-order valence-corrected chi connectivity index (χ2v) is 4.85. The lowest BCUT2D eigenvalue weighted by molar-refractivity contribution is -0.148. The molecule has 0 aromatic heterocycles. The average Bonchev–Trinajstić information content (AvgIpc) is 2.72. The van der Waals surface area contributed by atoms with Gasteiger partial charge in [-0.15, -0.1) is 12.3 Å². The highest BCUT2D eigenvalue weighted by Crippen LogP contribution is 2.28. The molecular formula is C13H20N2O4. The van der Waals surface area contributed by atoms with Gasteiger partial charge in [0.1, 0.15) is 5.41 Å². The molecule has 2 unspecified atom stereocenters. The predicted molar refractivity (Wildman–Crippen MR) is 69.6 cm³/mol. The van der Waals surface area contributed by atoms with Crippen molar-refractivity contribution < 1.29 is 19.4 Å². The second-order valence-electron chi connectivity index (χ2n) is 4.85. The number of nitrogens with one attached hydrogen (secondary N) is 2. The molecule has 19 heavy (non-hydrogen) atoms. The normalized spacial score (nSPS) is 25.6. The average molecular weight is 268 g/mol. The molecule has 0 spiro atoms. The van der Waals surface area contributed by atoms with Crippen LogP contribution in [0.2, 0.25) is 0 Å². The van der Waals surface area contributed by atoms with Gasteiger partial charge in [0, 0.05) is 13.0 Å². The molecule has 1 aliphatic heterocycles. The van der Waals surface area contributed by atoms with Gasteiger partial charge in [0.15, 0.2) is 0 Å². The van der Waals surface area contributed by atoms with E-state index in [4.69, 9.17) is 16.3 Å². The van der Waals surface area contributed by atoms with Crippen LogP contribution >= 0.6 is 0 Å². The number of aliphatic carboxylic acids is 1. The number of ether oxygens (including phenoxy) is 1. The number of amides is 2. The first kappa shape index (κ1) is 15.3. The zero-order valence-corrected chi connectivity index (χ0v) is 11.1. The van der Waals surface area contributed by atoms with Crippen molar-refractivity contribution in [3.63, 3.8) is 0 Å². The van der Waals surface area contributed by atoms with E-state index in [9.17, 15) is 9.59 Å². The van der Waals surface area contributed by atoms with Gasteiger partial charge in [0.25, 0.3) is 0 Å². The van der Waals surface area contributed by atoms with Gasteiger partial charge in [-0.2, -0.15) is 0 Å². The lowest BCUT2D eigenvalue weighted by atomic mass is 9.85. The largest absolute Gasteiger partial charge is 0.481 e. The Bertz CT molecular complexity index is 377. The summed E-state index contributed by atoms with van der Waals surface area (Å²) in [5, 5.41) is 14.5. The third-order valence-electron chi connectivity index (χ3n) is 3.28. The Morgan fingerprint density at radius 1 is 1.53 bits per heavy atom. The molecule has 106 valence electrons. The fraction of sp³-hybridized carbons (Fsp3) is 0.692. The lowest BCUT2D eigenvalue weighted by Gasteiger charge is -2.25. The highest BCUT2D eigenvalue weighted by atomic mass is 16.5. The number of rotatable bonds is 6. The fourth-order valence-corrected chi connectivity index (χ4v) is 1.85. The van der Waals surface area contributed by atoms with Crippen molar-refractivity contribution >= 4 is 12.0 Å². The Hall–Kier alpha value is -1.74. The Morgan fingerprint density at radius 2 is 2.26 bits per heavy atom. The van der Waals surface area contributed by atoms with E-state index >= 15 is 0 Å². The summed E-state index contributed by atoms with van der Waals surface area (Å²) in [7, 11) is 0. The smallest absolute Gasteiger partial charge is 0.315 e.